The molecule has 124 valence electrons. The van der Waals surface area contributed by atoms with Gasteiger partial charge in [-0.25, -0.2) is 4.98 Å². The molecule has 7 heteroatoms. The topological polar surface area (TPSA) is 87.0 Å². The number of nitrogens with zero attached hydrogens (tertiary/aromatic N) is 4. The van der Waals surface area contributed by atoms with Crippen LogP contribution in [0.5, 0.6) is 0 Å². The first-order valence-electron chi connectivity index (χ1n) is 7.73. The van der Waals surface area contributed by atoms with E-state index in [-0.39, 0.29) is 5.69 Å². The van der Waals surface area contributed by atoms with Gasteiger partial charge in [-0.2, -0.15) is 5.10 Å². The van der Waals surface area contributed by atoms with E-state index in [1.165, 1.54) is 12.1 Å². The number of hydrogen-bond donors (Lipinski definition) is 0. The number of nitro groups is 1. The van der Waals surface area contributed by atoms with Gasteiger partial charge < -0.3 is 4.42 Å². The maximum Gasteiger partial charge on any atom is 0.271 e. The second-order valence-corrected chi connectivity index (χ2v) is 5.69. The van der Waals surface area contributed by atoms with Crippen LogP contribution in [0.4, 0.5) is 5.69 Å². The second-order valence-electron chi connectivity index (χ2n) is 5.69. The number of benzene rings is 2. The van der Waals surface area contributed by atoms with Gasteiger partial charge in [-0.3, -0.25) is 14.8 Å². The van der Waals surface area contributed by atoms with E-state index in [0.29, 0.717) is 23.7 Å². The molecule has 0 saturated carbocycles. The first kappa shape index (κ1) is 15.1. The minimum absolute atomic E-state index is 0.0381. The Labute approximate surface area is 142 Å². The van der Waals surface area contributed by atoms with E-state index in [1.54, 1.807) is 16.9 Å². The predicted molar refractivity (Wildman–Crippen MR) is 92.2 cm³/mol. The Morgan fingerprint density at radius 2 is 2.00 bits per heavy atom. The van der Waals surface area contributed by atoms with Crippen molar-refractivity contribution in [1.29, 1.82) is 0 Å². The maximum absolute atomic E-state index is 11.0. The van der Waals surface area contributed by atoms with E-state index >= 15 is 0 Å². The summed E-state index contributed by atoms with van der Waals surface area (Å²) in [7, 11) is 0. The molecule has 2 aromatic carbocycles. The summed E-state index contributed by atoms with van der Waals surface area (Å²) in [6.45, 7) is 2.23. The Kier molecular flexibility index (Phi) is 3.53. The fourth-order valence-corrected chi connectivity index (χ4v) is 2.72. The number of nitro benzene ring substituents is 1. The van der Waals surface area contributed by atoms with E-state index in [2.05, 4.69) is 10.1 Å². The number of rotatable bonds is 4. The molecule has 0 fully saturated rings. The monoisotopic (exact) mass is 334 g/mol. The summed E-state index contributed by atoms with van der Waals surface area (Å²) in [6.07, 6.45) is 1.69. The summed E-state index contributed by atoms with van der Waals surface area (Å²) >= 11 is 0. The fraction of sp³-hybridized carbons (Fsp3) is 0.111. The zero-order chi connectivity index (χ0) is 17.4. The van der Waals surface area contributed by atoms with Crippen LogP contribution in [0.3, 0.4) is 0 Å². The number of non-ortho nitro benzene ring substituents is 1. The van der Waals surface area contributed by atoms with Gasteiger partial charge in [0.15, 0.2) is 0 Å². The third-order valence-corrected chi connectivity index (χ3v) is 4.05. The molecule has 7 nitrogen and oxygen atoms in total. The largest absolute Gasteiger partial charge is 0.441 e. The molecule has 0 spiro atoms. The number of oxazole rings is 1. The van der Waals surface area contributed by atoms with Crippen LogP contribution < -0.4 is 0 Å². The Morgan fingerprint density at radius 1 is 1.20 bits per heavy atom. The lowest BCUT2D eigenvalue weighted by atomic mass is 10.2. The van der Waals surface area contributed by atoms with Crippen molar-refractivity contribution in [2.75, 3.05) is 0 Å². The smallest absolute Gasteiger partial charge is 0.271 e. The van der Waals surface area contributed by atoms with Crippen LogP contribution in [0.1, 0.15) is 11.5 Å². The highest BCUT2D eigenvalue weighted by molar-refractivity contribution is 5.81. The molecule has 0 aliphatic carbocycles. The standard InChI is InChI=1S/C18H14N4O3/c1-12-16(20-18(25-12)13-5-3-2-4-6-13)11-21-17-9-15(22(23)24)8-7-14(17)10-19-21/h2-10H,11H2,1H3. The van der Waals surface area contributed by atoms with Gasteiger partial charge in [-0.1, -0.05) is 18.2 Å². The summed E-state index contributed by atoms with van der Waals surface area (Å²) in [5.41, 5.74) is 2.38. The highest BCUT2D eigenvalue weighted by Crippen LogP contribution is 2.24. The van der Waals surface area contributed by atoms with Crippen LogP contribution in [-0.2, 0) is 6.54 Å². The first-order chi connectivity index (χ1) is 12.1. The number of aryl methyl sites for hydroxylation is 1. The number of aromatic nitrogens is 3. The van der Waals surface area contributed by atoms with Gasteiger partial charge >= 0.3 is 0 Å². The van der Waals surface area contributed by atoms with Crippen molar-refractivity contribution in [2.24, 2.45) is 0 Å². The molecule has 0 bridgehead atoms. The lowest BCUT2D eigenvalue weighted by molar-refractivity contribution is -0.384. The van der Waals surface area contributed by atoms with Crippen molar-refractivity contribution in [3.8, 4) is 11.5 Å². The average molecular weight is 334 g/mol. The van der Waals surface area contributed by atoms with Crippen molar-refractivity contribution in [3.63, 3.8) is 0 Å². The summed E-state index contributed by atoms with van der Waals surface area (Å²) in [5.74, 6) is 1.25. The van der Waals surface area contributed by atoms with Crippen LogP contribution in [0.2, 0.25) is 0 Å². The van der Waals surface area contributed by atoms with Crippen molar-refractivity contribution in [3.05, 3.63) is 76.3 Å². The summed E-state index contributed by atoms with van der Waals surface area (Å²) in [4.78, 5) is 15.1. The van der Waals surface area contributed by atoms with Crippen molar-refractivity contribution in [2.45, 2.75) is 13.5 Å². The van der Waals surface area contributed by atoms with Crippen LogP contribution in [0.15, 0.2) is 59.1 Å². The molecule has 4 rings (SSSR count). The molecule has 0 atom stereocenters. The second kappa shape index (κ2) is 5.86. The van der Waals surface area contributed by atoms with E-state index in [9.17, 15) is 10.1 Å². The zero-order valence-electron chi connectivity index (χ0n) is 13.4. The molecule has 0 saturated heterocycles. The van der Waals surface area contributed by atoms with Crippen LogP contribution >= 0.6 is 0 Å². The van der Waals surface area contributed by atoms with E-state index in [4.69, 9.17) is 4.42 Å². The molecule has 0 aliphatic rings. The van der Waals surface area contributed by atoms with Crippen molar-refractivity contribution < 1.29 is 9.34 Å². The molecular weight excluding hydrogens is 320 g/mol. The van der Waals surface area contributed by atoms with Gasteiger partial charge in [0.05, 0.1) is 23.2 Å². The Balaban J connectivity index is 1.71. The van der Waals surface area contributed by atoms with Gasteiger partial charge in [-0.15, -0.1) is 0 Å². The molecule has 4 aromatic rings. The summed E-state index contributed by atoms with van der Waals surface area (Å²) in [5, 5.41) is 16.2. The Morgan fingerprint density at radius 3 is 2.76 bits per heavy atom. The summed E-state index contributed by atoms with van der Waals surface area (Å²) in [6, 6.07) is 14.3. The molecule has 2 aromatic heterocycles. The van der Waals surface area contributed by atoms with E-state index in [1.807, 2.05) is 37.3 Å². The van der Waals surface area contributed by atoms with Gasteiger partial charge in [-0.05, 0) is 25.1 Å². The minimum Gasteiger partial charge on any atom is -0.441 e. The highest BCUT2D eigenvalue weighted by atomic mass is 16.6. The first-order valence-corrected chi connectivity index (χ1v) is 7.73. The summed E-state index contributed by atoms with van der Waals surface area (Å²) < 4.78 is 7.46. The van der Waals surface area contributed by atoms with Crippen LogP contribution in [-0.4, -0.2) is 19.7 Å². The normalized spacial score (nSPS) is 11.1. The van der Waals surface area contributed by atoms with Gasteiger partial charge in [0.25, 0.3) is 5.69 Å². The highest BCUT2D eigenvalue weighted by Gasteiger charge is 2.15. The minimum atomic E-state index is -0.411. The molecule has 0 radical (unpaired) electrons. The third kappa shape index (κ3) is 2.76. The van der Waals surface area contributed by atoms with Gasteiger partial charge in [0.1, 0.15) is 11.5 Å². The Hall–Kier alpha value is -3.48. The van der Waals surface area contributed by atoms with E-state index in [0.717, 1.165) is 16.6 Å². The Bertz CT molecular complexity index is 1070. The van der Waals surface area contributed by atoms with Crippen LogP contribution in [0, 0.1) is 17.0 Å². The zero-order valence-corrected chi connectivity index (χ0v) is 13.4. The van der Waals surface area contributed by atoms with Crippen molar-refractivity contribution in [1.82, 2.24) is 14.8 Å². The molecule has 25 heavy (non-hydrogen) atoms. The third-order valence-electron chi connectivity index (χ3n) is 4.05. The van der Waals surface area contributed by atoms with Crippen molar-refractivity contribution >= 4 is 16.6 Å². The molecule has 2 heterocycles. The number of hydrogen-bond acceptors (Lipinski definition) is 5. The molecule has 0 aliphatic heterocycles. The average Bonchev–Trinajstić information content (AvgIpc) is 3.20. The maximum atomic E-state index is 11.0. The fourth-order valence-electron chi connectivity index (χ4n) is 2.72. The van der Waals surface area contributed by atoms with Gasteiger partial charge in [0.2, 0.25) is 5.89 Å². The van der Waals surface area contributed by atoms with E-state index < -0.39 is 4.92 Å². The molecule has 0 unspecified atom stereocenters. The molecule has 0 N–H and O–H groups in total. The van der Waals surface area contributed by atoms with Crippen LogP contribution in [0.25, 0.3) is 22.4 Å². The predicted octanol–water partition coefficient (Wildman–Crippen LogP) is 3.96. The quantitative estimate of drug-likeness (QED) is 0.416. The van der Waals surface area contributed by atoms with Gasteiger partial charge in [0, 0.05) is 23.1 Å². The number of fused-ring (bicyclic) bond motifs is 1. The SMILES string of the molecule is Cc1oc(-c2ccccc2)nc1Cn1ncc2ccc([N+](=O)[O-])cc21. The molecular formula is C18H14N4O3. The lowest BCUT2D eigenvalue weighted by Crippen LogP contribution is -2.03. The lowest BCUT2D eigenvalue weighted by Gasteiger charge is -2.01. The molecule has 0 amide bonds.